The van der Waals surface area contributed by atoms with Crippen LogP contribution in [-0.4, -0.2) is 20.1 Å². The number of H-pyrrole nitrogens is 1. The summed E-state index contributed by atoms with van der Waals surface area (Å²) in [4.78, 5) is 11.7. The van der Waals surface area contributed by atoms with Crippen molar-refractivity contribution in [1.82, 2.24) is 15.0 Å². The Morgan fingerprint density at radius 3 is 2.45 bits per heavy atom. The summed E-state index contributed by atoms with van der Waals surface area (Å²) in [5.74, 6) is 0. The van der Waals surface area contributed by atoms with E-state index in [2.05, 4.69) is 15.0 Å². The molecule has 0 spiro atoms. The third kappa shape index (κ3) is 4.14. The number of aryl methyl sites for hydroxylation is 2. The Kier molecular flexibility index (Phi) is 5.07. The van der Waals surface area contributed by atoms with Gasteiger partial charge in [-0.25, -0.2) is 4.98 Å². The molecule has 148 valence electrons. The van der Waals surface area contributed by atoms with Gasteiger partial charge in [0.15, 0.2) is 0 Å². The number of aliphatic hydroxyl groups excluding tert-OH is 1. The molecule has 0 amide bonds. The molecule has 3 aromatic heterocycles. The van der Waals surface area contributed by atoms with Crippen molar-refractivity contribution in [2.75, 3.05) is 0 Å². The summed E-state index contributed by atoms with van der Waals surface area (Å²) in [5.41, 5.74) is 3.07. The molecule has 2 N–H and O–H groups in total. The molecule has 0 aliphatic carbocycles. The fraction of sp³-hybridized carbons (Fsp3) is 0.182. The third-order valence-electron chi connectivity index (χ3n) is 4.89. The second-order valence-corrected chi connectivity index (χ2v) is 6.82. The minimum atomic E-state index is -4.32. The summed E-state index contributed by atoms with van der Waals surface area (Å²) in [6.45, 7) is 0. The van der Waals surface area contributed by atoms with Gasteiger partial charge in [-0.1, -0.05) is 18.2 Å². The Hall–Kier alpha value is -3.19. The predicted octanol–water partition coefficient (Wildman–Crippen LogP) is 4.84. The second kappa shape index (κ2) is 7.67. The topological polar surface area (TPSA) is 61.8 Å². The van der Waals surface area contributed by atoms with Crippen LogP contribution in [0.15, 0.2) is 67.1 Å². The summed E-state index contributed by atoms with van der Waals surface area (Å²) in [6.07, 6.45) is 1.08. The van der Waals surface area contributed by atoms with Crippen molar-refractivity contribution in [3.63, 3.8) is 0 Å². The zero-order valence-corrected chi connectivity index (χ0v) is 15.3. The van der Waals surface area contributed by atoms with E-state index >= 15 is 0 Å². The number of hydrogen-bond acceptors (Lipinski definition) is 3. The van der Waals surface area contributed by atoms with Crippen molar-refractivity contribution < 1.29 is 18.3 Å². The molecular formula is C22H18F3N3O. The van der Waals surface area contributed by atoms with Gasteiger partial charge < -0.3 is 10.1 Å². The summed E-state index contributed by atoms with van der Waals surface area (Å²) in [7, 11) is 0. The zero-order valence-electron chi connectivity index (χ0n) is 15.3. The number of aromatic amines is 1. The number of benzene rings is 1. The molecular weight excluding hydrogens is 379 g/mol. The Labute approximate surface area is 165 Å². The first-order valence-corrected chi connectivity index (χ1v) is 9.13. The molecule has 29 heavy (non-hydrogen) atoms. The van der Waals surface area contributed by atoms with Crippen LogP contribution in [0, 0.1) is 0 Å². The molecule has 0 saturated carbocycles. The number of alkyl halides is 3. The van der Waals surface area contributed by atoms with Crippen LogP contribution < -0.4 is 0 Å². The van der Waals surface area contributed by atoms with Crippen molar-refractivity contribution in [3.8, 4) is 0 Å². The van der Waals surface area contributed by atoms with E-state index in [1.54, 1.807) is 18.6 Å². The van der Waals surface area contributed by atoms with E-state index in [1.165, 1.54) is 12.1 Å². The Bertz CT molecular complexity index is 1100. The lowest BCUT2D eigenvalue weighted by Crippen LogP contribution is -2.05. The number of halogens is 3. The van der Waals surface area contributed by atoms with Gasteiger partial charge in [-0.2, -0.15) is 13.2 Å². The normalized spacial score (nSPS) is 13.0. The molecule has 0 fully saturated rings. The number of rotatable bonds is 5. The SMILES string of the molecule is OC(c1ccc(CCc2ccc(C(F)(F)F)cc2)nc1)c1c[nH]c2ncccc12. The fourth-order valence-corrected chi connectivity index (χ4v) is 3.26. The van der Waals surface area contributed by atoms with E-state index in [-0.39, 0.29) is 0 Å². The van der Waals surface area contributed by atoms with Crippen LogP contribution in [0.2, 0.25) is 0 Å². The number of aromatic nitrogens is 3. The van der Waals surface area contributed by atoms with Crippen LogP contribution in [0.25, 0.3) is 11.0 Å². The second-order valence-electron chi connectivity index (χ2n) is 6.82. The molecule has 1 unspecified atom stereocenters. The van der Waals surface area contributed by atoms with E-state index in [0.29, 0.717) is 24.1 Å². The van der Waals surface area contributed by atoms with Crippen molar-refractivity contribution in [2.45, 2.75) is 25.1 Å². The number of nitrogens with zero attached hydrogens (tertiary/aromatic N) is 2. The molecule has 0 radical (unpaired) electrons. The van der Waals surface area contributed by atoms with Crippen molar-refractivity contribution in [1.29, 1.82) is 0 Å². The Balaban J connectivity index is 1.43. The molecule has 1 atom stereocenters. The number of fused-ring (bicyclic) bond motifs is 1. The maximum Gasteiger partial charge on any atom is 0.416 e. The first kappa shape index (κ1) is 19.1. The van der Waals surface area contributed by atoms with Gasteiger partial charge >= 0.3 is 6.18 Å². The summed E-state index contributed by atoms with van der Waals surface area (Å²) in [6, 6.07) is 12.5. The third-order valence-corrected chi connectivity index (χ3v) is 4.89. The van der Waals surface area contributed by atoms with Gasteiger partial charge in [-0.3, -0.25) is 4.98 Å². The standard InChI is InChI=1S/C22H18F3N3O/c23-22(24,25)16-7-3-14(4-8-16)5-9-17-10-6-15(12-27-17)20(29)19-13-28-21-18(19)2-1-11-26-21/h1-4,6-8,10-13,20,29H,5,9H2,(H,26,28). The van der Waals surface area contributed by atoms with Gasteiger partial charge in [0.25, 0.3) is 0 Å². The zero-order chi connectivity index (χ0) is 20.4. The van der Waals surface area contributed by atoms with Crippen molar-refractivity contribution in [2.24, 2.45) is 0 Å². The maximum atomic E-state index is 12.6. The lowest BCUT2D eigenvalue weighted by atomic mass is 10.0. The van der Waals surface area contributed by atoms with Gasteiger partial charge in [0.05, 0.1) is 5.56 Å². The fourth-order valence-electron chi connectivity index (χ4n) is 3.26. The van der Waals surface area contributed by atoms with Gasteiger partial charge in [-0.15, -0.1) is 0 Å². The molecule has 4 rings (SSSR count). The summed E-state index contributed by atoms with van der Waals surface area (Å²) >= 11 is 0. The van der Waals surface area contributed by atoms with Crippen LogP contribution in [0.1, 0.15) is 34.1 Å². The average molecular weight is 397 g/mol. The number of pyridine rings is 2. The van der Waals surface area contributed by atoms with E-state index in [9.17, 15) is 18.3 Å². The largest absolute Gasteiger partial charge is 0.416 e. The molecule has 7 heteroatoms. The van der Waals surface area contributed by atoms with Crippen LogP contribution in [0.4, 0.5) is 13.2 Å². The van der Waals surface area contributed by atoms with Crippen LogP contribution in [-0.2, 0) is 19.0 Å². The first-order chi connectivity index (χ1) is 13.9. The predicted molar refractivity (Wildman–Crippen MR) is 103 cm³/mol. The van der Waals surface area contributed by atoms with E-state index in [1.807, 2.05) is 24.3 Å². The molecule has 4 aromatic rings. The van der Waals surface area contributed by atoms with Gasteiger partial charge in [0.2, 0.25) is 0 Å². The van der Waals surface area contributed by atoms with Crippen LogP contribution in [0.5, 0.6) is 0 Å². The summed E-state index contributed by atoms with van der Waals surface area (Å²) in [5, 5.41) is 11.5. The minimum Gasteiger partial charge on any atom is -0.384 e. The van der Waals surface area contributed by atoms with E-state index in [0.717, 1.165) is 34.3 Å². The van der Waals surface area contributed by atoms with E-state index < -0.39 is 17.8 Å². The molecule has 1 aromatic carbocycles. The van der Waals surface area contributed by atoms with Crippen LogP contribution >= 0.6 is 0 Å². The molecule has 3 heterocycles. The lowest BCUT2D eigenvalue weighted by Gasteiger charge is -2.11. The maximum absolute atomic E-state index is 12.6. The first-order valence-electron chi connectivity index (χ1n) is 9.13. The highest BCUT2D eigenvalue weighted by Crippen LogP contribution is 2.30. The Morgan fingerprint density at radius 2 is 1.76 bits per heavy atom. The number of hydrogen-bond donors (Lipinski definition) is 2. The molecule has 0 aliphatic rings. The summed E-state index contributed by atoms with van der Waals surface area (Å²) < 4.78 is 37.9. The number of nitrogens with one attached hydrogen (secondary N) is 1. The Morgan fingerprint density at radius 1 is 0.966 bits per heavy atom. The van der Waals surface area contributed by atoms with E-state index in [4.69, 9.17) is 0 Å². The monoisotopic (exact) mass is 397 g/mol. The van der Waals surface area contributed by atoms with Gasteiger partial charge in [0, 0.05) is 40.8 Å². The smallest absolute Gasteiger partial charge is 0.384 e. The number of aliphatic hydroxyl groups is 1. The quantitative estimate of drug-likeness (QED) is 0.506. The molecule has 4 nitrogen and oxygen atoms in total. The molecule has 0 saturated heterocycles. The highest BCUT2D eigenvalue weighted by molar-refractivity contribution is 5.80. The van der Waals surface area contributed by atoms with Gasteiger partial charge in [0.1, 0.15) is 11.8 Å². The van der Waals surface area contributed by atoms with Gasteiger partial charge in [-0.05, 0) is 48.7 Å². The van der Waals surface area contributed by atoms with Crippen molar-refractivity contribution >= 4 is 11.0 Å². The van der Waals surface area contributed by atoms with Crippen LogP contribution in [0.3, 0.4) is 0 Å². The minimum absolute atomic E-state index is 0.584. The lowest BCUT2D eigenvalue weighted by molar-refractivity contribution is -0.137. The molecule has 0 bridgehead atoms. The van der Waals surface area contributed by atoms with Crippen molar-refractivity contribution in [3.05, 3.63) is 95.1 Å². The highest BCUT2D eigenvalue weighted by Gasteiger charge is 2.29. The average Bonchev–Trinajstić information content (AvgIpc) is 3.16. The molecule has 0 aliphatic heterocycles. The highest BCUT2D eigenvalue weighted by atomic mass is 19.4.